The Labute approximate surface area is 96.6 Å². The minimum atomic E-state index is 0.420. The fraction of sp³-hybridized carbons (Fsp3) is 0.727. The zero-order chi connectivity index (χ0) is 11.1. The van der Waals surface area contributed by atoms with Crippen LogP contribution in [0.4, 0.5) is 0 Å². The van der Waals surface area contributed by atoms with Gasteiger partial charge >= 0.3 is 0 Å². The molecular weight excluding hydrogens is 206 g/mol. The maximum atomic E-state index is 4.35. The summed E-state index contributed by atoms with van der Waals surface area (Å²) < 4.78 is 2.11. The van der Waals surface area contributed by atoms with Crippen molar-refractivity contribution in [1.82, 2.24) is 15.1 Å². The molecule has 1 rings (SSSR count). The lowest BCUT2D eigenvalue weighted by Crippen LogP contribution is -2.22. The molecule has 4 heteroatoms. The van der Waals surface area contributed by atoms with Gasteiger partial charge in [-0.05, 0) is 25.3 Å². The highest BCUT2D eigenvalue weighted by atomic mass is 32.2. The molecule has 3 nitrogen and oxygen atoms in total. The van der Waals surface area contributed by atoms with Crippen molar-refractivity contribution in [3.63, 3.8) is 0 Å². The number of hydrogen-bond donors (Lipinski definition) is 1. The molecule has 0 spiro atoms. The quantitative estimate of drug-likeness (QED) is 0.775. The highest BCUT2D eigenvalue weighted by molar-refractivity contribution is 7.99. The second-order valence-electron chi connectivity index (χ2n) is 3.48. The smallest absolute Gasteiger partial charge is 0.0581 e. The predicted octanol–water partition coefficient (Wildman–Crippen LogP) is 2.31. The molecule has 0 aromatic carbocycles. The Morgan fingerprint density at radius 3 is 2.93 bits per heavy atom. The normalized spacial score (nSPS) is 13.0. The summed E-state index contributed by atoms with van der Waals surface area (Å²) in [6.45, 7) is 5.39. The van der Waals surface area contributed by atoms with E-state index in [2.05, 4.69) is 35.0 Å². The Balaban J connectivity index is 2.67. The van der Waals surface area contributed by atoms with Crippen molar-refractivity contribution in [3.8, 4) is 0 Å². The molecule has 1 N–H and O–H groups in total. The second-order valence-corrected chi connectivity index (χ2v) is 4.80. The van der Waals surface area contributed by atoms with Crippen LogP contribution in [0.2, 0.25) is 0 Å². The van der Waals surface area contributed by atoms with E-state index in [0.29, 0.717) is 6.04 Å². The Hall–Kier alpha value is -0.480. The van der Waals surface area contributed by atoms with E-state index in [0.717, 1.165) is 18.7 Å². The van der Waals surface area contributed by atoms with Crippen molar-refractivity contribution >= 4 is 11.8 Å². The maximum absolute atomic E-state index is 4.35. The van der Waals surface area contributed by atoms with Crippen molar-refractivity contribution in [2.45, 2.75) is 32.9 Å². The summed E-state index contributed by atoms with van der Waals surface area (Å²) in [5.41, 5.74) is 1.31. The second kappa shape index (κ2) is 6.90. The van der Waals surface area contributed by atoms with E-state index in [1.54, 1.807) is 0 Å². The van der Waals surface area contributed by atoms with Gasteiger partial charge in [-0.1, -0.05) is 13.8 Å². The third-order valence-corrected chi connectivity index (χ3v) is 3.36. The van der Waals surface area contributed by atoms with Gasteiger partial charge in [0.15, 0.2) is 0 Å². The predicted molar refractivity (Wildman–Crippen MR) is 67.3 cm³/mol. The fourth-order valence-corrected chi connectivity index (χ4v) is 2.40. The van der Waals surface area contributed by atoms with Crippen molar-refractivity contribution in [1.29, 1.82) is 0 Å². The lowest BCUT2D eigenvalue weighted by molar-refractivity contribution is 0.524. The Morgan fingerprint density at radius 2 is 2.33 bits per heavy atom. The number of rotatable bonds is 7. The van der Waals surface area contributed by atoms with Gasteiger partial charge in [0.1, 0.15) is 0 Å². The molecular formula is C11H21N3S. The van der Waals surface area contributed by atoms with Gasteiger partial charge in [0, 0.05) is 18.5 Å². The topological polar surface area (TPSA) is 29.9 Å². The van der Waals surface area contributed by atoms with Gasteiger partial charge in [0.25, 0.3) is 0 Å². The van der Waals surface area contributed by atoms with Crippen LogP contribution in [0.5, 0.6) is 0 Å². The molecule has 0 aliphatic rings. The van der Waals surface area contributed by atoms with Crippen LogP contribution in [0.25, 0.3) is 0 Å². The Kier molecular flexibility index (Phi) is 5.79. The molecule has 1 unspecified atom stereocenters. The van der Waals surface area contributed by atoms with Crippen molar-refractivity contribution < 1.29 is 0 Å². The van der Waals surface area contributed by atoms with Gasteiger partial charge in [-0.15, -0.1) is 0 Å². The van der Waals surface area contributed by atoms with Crippen LogP contribution < -0.4 is 5.32 Å². The van der Waals surface area contributed by atoms with Crippen LogP contribution in [0.3, 0.4) is 0 Å². The summed E-state index contributed by atoms with van der Waals surface area (Å²) in [5, 5.41) is 7.71. The average Bonchev–Trinajstić information content (AvgIpc) is 2.68. The lowest BCUT2D eigenvalue weighted by Gasteiger charge is -2.17. The molecule has 0 aliphatic carbocycles. The van der Waals surface area contributed by atoms with Crippen molar-refractivity contribution in [3.05, 3.63) is 18.0 Å². The number of nitrogens with zero attached hydrogens (tertiary/aromatic N) is 2. The van der Waals surface area contributed by atoms with Crippen LogP contribution in [0, 0.1) is 0 Å². The molecule has 1 aromatic heterocycles. The SMILES string of the molecule is CCCn1nccc1C(CSCC)NC. The van der Waals surface area contributed by atoms with E-state index in [1.807, 2.05) is 25.0 Å². The van der Waals surface area contributed by atoms with E-state index in [-0.39, 0.29) is 0 Å². The molecule has 0 saturated heterocycles. The maximum Gasteiger partial charge on any atom is 0.0581 e. The standard InChI is InChI=1S/C11H21N3S/c1-4-8-14-11(6-7-13-14)10(12-3)9-15-5-2/h6-7,10,12H,4-5,8-9H2,1-3H3. The largest absolute Gasteiger partial charge is 0.311 e. The molecule has 0 fully saturated rings. The van der Waals surface area contributed by atoms with E-state index >= 15 is 0 Å². The number of aromatic nitrogens is 2. The molecule has 1 atom stereocenters. The highest BCUT2D eigenvalue weighted by Crippen LogP contribution is 2.17. The molecule has 0 aliphatic heterocycles. The van der Waals surface area contributed by atoms with Gasteiger partial charge in [-0.2, -0.15) is 16.9 Å². The highest BCUT2D eigenvalue weighted by Gasteiger charge is 2.13. The van der Waals surface area contributed by atoms with Crippen LogP contribution in [-0.4, -0.2) is 28.3 Å². The molecule has 86 valence electrons. The van der Waals surface area contributed by atoms with E-state index in [1.165, 1.54) is 11.4 Å². The molecule has 1 aromatic rings. The van der Waals surface area contributed by atoms with E-state index < -0.39 is 0 Å². The van der Waals surface area contributed by atoms with E-state index in [9.17, 15) is 0 Å². The van der Waals surface area contributed by atoms with Crippen LogP contribution >= 0.6 is 11.8 Å². The zero-order valence-electron chi connectivity index (χ0n) is 9.86. The van der Waals surface area contributed by atoms with Crippen LogP contribution in [0.15, 0.2) is 12.3 Å². The number of thioether (sulfide) groups is 1. The molecule has 0 bridgehead atoms. The Bertz CT molecular complexity index is 273. The number of nitrogens with one attached hydrogen (secondary N) is 1. The summed E-state index contributed by atoms with van der Waals surface area (Å²) in [6, 6.07) is 2.54. The molecule has 1 heterocycles. The Morgan fingerprint density at radius 1 is 1.53 bits per heavy atom. The van der Waals surface area contributed by atoms with Crippen LogP contribution in [-0.2, 0) is 6.54 Å². The summed E-state index contributed by atoms with van der Waals surface area (Å²) >= 11 is 1.96. The molecule has 0 saturated carbocycles. The van der Waals surface area contributed by atoms with Gasteiger partial charge in [0.2, 0.25) is 0 Å². The number of aryl methyl sites for hydroxylation is 1. The van der Waals surface area contributed by atoms with E-state index in [4.69, 9.17) is 0 Å². The first-order valence-corrected chi connectivity index (χ1v) is 6.75. The van der Waals surface area contributed by atoms with Gasteiger partial charge in [0.05, 0.1) is 11.7 Å². The third-order valence-electron chi connectivity index (χ3n) is 2.38. The summed E-state index contributed by atoms with van der Waals surface area (Å²) in [4.78, 5) is 0. The number of hydrogen-bond acceptors (Lipinski definition) is 3. The first-order valence-electron chi connectivity index (χ1n) is 5.60. The zero-order valence-corrected chi connectivity index (χ0v) is 10.7. The average molecular weight is 227 g/mol. The van der Waals surface area contributed by atoms with Gasteiger partial charge < -0.3 is 5.32 Å². The van der Waals surface area contributed by atoms with Crippen LogP contribution in [0.1, 0.15) is 32.0 Å². The summed E-state index contributed by atoms with van der Waals surface area (Å²) in [6.07, 6.45) is 3.03. The monoisotopic (exact) mass is 227 g/mol. The third kappa shape index (κ3) is 3.54. The fourth-order valence-electron chi connectivity index (χ4n) is 1.59. The lowest BCUT2D eigenvalue weighted by atomic mass is 10.2. The summed E-state index contributed by atoms with van der Waals surface area (Å²) in [5.74, 6) is 2.28. The minimum absolute atomic E-state index is 0.420. The van der Waals surface area contributed by atoms with Gasteiger partial charge in [-0.3, -0.25) is 4.68 Å². The molecule has 0 radical (unpaired) electrons. The van der Waals surface area contributed by atoms with Crippen molar-refractivity contribution in [2.24, 2.45) is 0 Å². The summed E-state index contributed by atoms with van der Waals surface area (Å²) in [7, 11) is 2.02. The molecule has 0 amide bonds. The first-order chi connectivity index (χ1) is 7.33. The molecule has 15 heavy (non-hydrogen) atoms. The minimum Gasteiger partial charge on any atom is -0.311 e. The van der Waals surface area contributed by atoms with Crippen molar-refractivity contribution in [2.75, 3.05) is 18.6 Å². The first kappa shape index (κ1) is 12.6. The van der Waals surface area contributed by atoms with Gasteiger partial charge in [-0.25, -0.2) is 0 Å².